The zero-order chi connectivity index (χ0) is 18.9. The zero-order valence-corrected chi connectivity index (χ0v) is 16.1. The summed E-state index contributed by atoms with van der Waals surface area (Å²) in [6, 6.07) is 15.3. The molecule has 2 rings (SSSR count). The Bertz CT molecular complexity index is 730. The molecular weight excluding hydrogens is 348 g/mol. The molecule has 0 aliphatic heterocycles. The lowest BCUT2D eigenvalue weighted by Crippen LogP contribution is -2.32. The van der Waals surface area contributed by atoms with E-state index in [-0.39, 0.29) is 17.1 Å². The molecule has 0 saturated heterocycles. The molecule has 0 spiro atoms. The fourth-order valence-corrected chi connectivity index (χ4v) is 3.24. The van der Waals surface area contributed by atoms with E-state index in [0.717, 1.165) is 28.3 Å². The van der Waals surface area contributed by atoms with E-state index in [1.54, 1.807) is 7.11 Å². The van der Waals surface area contributed by atoms with E-state index in [4.69, 9.17) is 4.74 Å². The first-order chi connectivity index (χ1) is 12.5. The molecule has 5 nitrogen and oxygen atoms in total. The fourth-order valence-electron chi connectivity index (χ4n) is 2.34. The summed E-state index contributed by atoms with van der Waals surface area (Å²) in [4.78, 5) is 24.2. The third kappa shape index (κ3) is 6.44. The summed E-state index contributed by atoms with van der Waals surface area (Å²) in [5, 5.41) is 5.50. The summed E-state index contributed by atoms with van der Waals surface area (Å²) in [6.07, 6.45) is 0.776. The van der Waals surface area contributed by atoms with Gasteiger partial charge < -0.3 is 15.4 Å². The number of amides is 2. The van der Waals surface area contributed by atoms with E-state index in [2.05, 4.69) is 10.6 Å². The lowest BCUT2D eigenvalue weighted by Gasteiger charge is -2.12. The largest absolute Gasteiger partial charge is 0.497 e. The van der Waals surface area contributed by atoms with Crippen LogP contribution in [-0.4, -0.2) is 30.7 Å². The number of thioether (sulfide) groups is 1. The van der Waals surface area contributed by atoms with Crippen LogP contribution >= 0.6 is 11.8 Å². The minimum Gasteiger partial charge on any atom is -0.497 e. The van der Waals surface area contributed by atoms with Gasteiger partial charge in [0.05, 0.1) is 12.4 Å². The minimum atomic E-state index is -0.197. The van der Waals surface area contributed by atoms with Crippen LogP contribution < -0.4 is 15.4 Å². The Labute approximate surface area is 158 Å². The van der Waals surface area contributed by atoms with Crippen molar-refractivity contribution in [3.63, 3.8) is 0 Å². The SMILES string of the molecule is COc1ccc(CCNC(=O)[C@H](C)Sc2ccc(NC(C)=O)cc2)cc1. The Kier molecular flexibility index (Phi) is 7.53. The highest BCUT2D eigenvalue weighted by molar-refractivity contribution is 8.00. The average molecular weight is 372 g/mol. The molecule has 0 aromatic heterocycles. The monoisotopic (exact) mass is 372 g/mol. The van der Waals surface area contributed by atoms with Gasteiger partial charge in [0.25, 0.3) is 0 Å². The van der Waals surface area contributed by atoms with Gasteiger partial charge in [-0.3, -0.25) is 9.59 Å². The summed E-state index contributed by atoms with van der Waals surface area (Å²) in [7, 11) is 1.64. The first-order valence-electron chi connectivity index (χ1n) is 8.43. The molecule has 6 heteroatoms. The molecule has 0 aliphatic carbocycles. The van der Waals surface area contributed by atoms with Crippen LogP contribution in [0.25, 0.3) is 0 Å². The summed E-state index contributed by atoms with van der Waals surface area (Å²) >= 11 is 1.49. The Balaban J connectivity index is 1.76. The summed E-state index contributed by atoms with van der Waals surface area (Å²) in [5.41, 5.74) is 1.90. The van der Waals surface area contributed by atoms with Crippen molar-refractivity contribution in [1.29, 1.82) is 0 Å². The van der Waals surface area contributed by atoms with Gasteiger partial charge in [-0.1, -0.05) is 12.1 Å². The summed E-state index contributed by atoms with van der Waals surface area (Å²) in [5.74, 6) is 0.733. The molecule has 2 amide bonds. The first-order valence-corrected chi connectivity index (χ1v) is 9.31. The van der Waals surface area contributed by atoms with E-state index in [9.17, 15) is 9.59 Å². The van der Waals surface area contributed by atoms with Gasteiger partial charge in [0, 0.05) is 24.1 Å². The number of carbonyl (C=O) groups is 2. The number of methoxy groups -OCH3 is 1. The van der Waals surface area contributed by atoms with Gasteiger partial charge in [0.2, 0.25) is 11.8 Å². The molecule has 2 aromatic rings. The van der Waals surface area contributed by atoms with Crippen molar-refractivity contribution in [2.75, 3.05) is 19.0 Å². The third-order valence-corrected chi connectivity index (χ3v) is 4.84. The molecule has 0 fully saturated rings. The topological polar surface area (TPSA) is 67.4 Å². The maximum absolute atomic E-state index is 12.2. The van der Waals surface area contributed by atoms with Gasteiger partial charge >= 0.3 is 0 Å². The quantitative estimate of drug-likeness (QED) is 0.696. The van der Waals surface area contributed by atoms with E-state index in [1.807, 2.05) is 55.5 Å². The lowest BCUT2D eigenvalue weighted by molar-refractivity contribution is -0.120. The molecule has 2 aromatic carbocycles. The number of benzene rings is 2. The van der Waals surface area contributed by atoms with Crippen molar-refractivity contribution < 1.29 is 14.3 Å². The van der Waals surface area contributed by atoms with E-state index in [0.29, 0.717) is 6.54 Å². The van der Waals surface area contributed by atoms with Crippen LogP contribution in [0.3, 0.4) is 0 Å². The van der Waals surface area contributed by atoms with Crippen molar-refractivity contribution in [2.45, 2.75) is 30.4 Å². The number of hydrogen-bond acceptors (Lipinski definition) is 4. The third-order valence-electron chi connectivity index (χ3n) is 3.73. The van der Waals surface area contributed by atoms with Gasteiger partial charge in [0.15, 0.2) is 0 Å². The van der Waals surface area contributed by atoms with E-state index < -0.39 is 0 Å². The smallest absolute Gasteiger partial charge is 0.233 e. The molecule has 138 valence electrons. The molecule has 0 saturated carbocycles. The second-order valence-corrected chi connectivity index (χ2v) is 7.27. The van der Waals surface area contributed by atoms with Crippen LogP contribution in [0.1, 0.15) is 19.4 Å². The molecule has 0 radical (unpaired) electrons. The van der Waals surface area contributed by atoms with Crippen LogP contribution in [0.4, 0.5) is 5.69 Å². The van der Waals surface area contributed by atoms with Crippen LogP contribution in [0.5, 0.6) is 5.75 Å². The van der Waals surface area contributed by atoms with Crippen molar-refractivity contribution >= 4 is 29.3 Å². The Morgan fingerprint density at radius 2 is 1.73 bits per heavy atom. The van der Waals surface area contributed by atoms with Crippen LogP contribution in [0, 0.1) is 0 Å². The van der Waals surface area contributed by atoms with Gasteiger partial charge in [-0.25, -0.2) is 0 Å². The van der Waals surface area contributed by atoms with Crippen molar-refractivity contribution in [2.24, 2.45) is 0 Å². The molecule has 0 bridgehead atoms. The number of rotatable bonds is 8. The molecule has 0 aliphatic rings. The van der Waals surface area contributed by atoms with E-state index in [1.165, 1.54) is 18.7 Å². The van der Waals surface area contributed by atoms with Gasteiger partial charge in [0.1, 0.15) is 5.75 Å². The predicted molar refractivity (Wildman–Crippen MR) is 106 cm³/mol. The standard InChI is InChI=1S/C20H24N2O3S/c1-14(26-19-10-6-17(7-11-19)22-15(2)23)20(24)21-13-12-16-4-8-18(25-3)9-5-16/h4-11,14H,12-13H2,1-3H3,(H,21,24)(H,22,23)/t14-/m0/s1. The number of hydrogen-bond donors (Lipinski definition) is 2. The molecule has 0 heterocycles. The van der Waals surface area contributed by atoms with Crippen LogP contribution in [-0.2, 0) is 16.0 Å². The Morgan fingerprint density at radius 1 is 1.08 bits per heavy atom. The maximum atomic E-state index is 12.2. The minimum absolute atomic E-state index is 0.00875. The van der Waals surface area contributed by atoms with Crippen molar-refractivity contribution in [3.05, 3.63) is 54.1 Å². The van der Waals surface area contributed by atoms with Crippen molar-refractivity contribution in [1.82, 2.24) is 5.32 Å². The second kappa shape index (κ2) is 9.87. The first kappa shape index (κ1) is 19.8. The summed E-state index contributed by atoms with van der Waals surface area (Å²) < 4.78 is 5.13. The highest BCUT2D eigenvalue weighted by atomic mass is 32.2. The summed E-state index contributed by atoms with van der Waals surface area (Å²) in [6.45, 7) is 3.95. The van der Waals surface area contributed by atoms with Crippen LogP contribution in [0.15, 0.2) is 53.4 Å². The molecule has 2 N–H and O–H groups in total. The average Bonchev–Trinajstić information content (AvgIpc) is 2.63. The highest BCUT2D eigenvalue weighted by Gasteiger charge is 2.13. The molecule has 0 unspecified atom stereocenters. The fraction of sp³-hybridized carbons (Fsp3) is 0.300. The zero-order valence-electron chi connectivity index (χ0n) is 15.2. The second-order valence-electron chi connectivity index (χ2n) is 5.85. The maximum Gasteiger partial charge on any atom is 0.233 e. The normalized spacial score (nSPS) is 11.5. The molecule has 26 heavy (non-hydrogen) atoms. The molecular formula is C20H24N2O3S. The van der Waals surface area contributed by atoms with Crippen LogP contribution in [0.2, 0.25) is 0 Å². The van der Waals surface area contributed by atoms with E-state index >= 15 is 0 Å². The Hall–Kier alpha value is -2.47. The van der Waals surface area contributed by atoms with Gasteiger partial charge in [-0.15, -0.1) is 11.8 Å². The Morgan fingerprint density at radius 3 is 2.31 bits per heavy atom. The number of anilines is 1. The number of carbonyl (C=O) groups excluding carboxylic acids is 2. The van der Waals surface area contributed by atoms with Gasteiger partial charge in [-0.2, -0.15) is 0 Å². The number of ether oxygens (including phenoxy) is 1. The molecule has 1 atom stereocenters. The highest BCUT2D eigenvalue weighted by Crippen LogP contribution is 2.24. The van der Waals surface area contributed by atoms with Gasteiger partial charge in [-0.05, 0) is 55.3 Å². The van der Waals surface area contributed by atoms with Crippen molar-refractivity contribution in [3.8, 4) is 5.75 Å². The number of nitrogens with one attached hydrogen (secondary N) is 2. The lowest BCUT2D eigenvalue weighted by atomic mass is 10.1. The predicted octanol–water partition coefficient (Wildman–Crippen LogP) is 3.49.